The van der Waals surface area contributed by atoms with Crippen molar-refractivity contribution in [3.05, 3.63) is 106 Å². The number of aryl methyl sites for hydroxylation is 4. The summed E-state index contributed by atoms with van der Waals surface area (Å²) in [5.74, 6) is -0.344. The Bertz CT molecular complexity index is 1270. The van der Waals surface area contributed by atoms with Gasteiger partial charge in [-0.15, -0.1) is 0 Å². The molecule has 38 heavy (non-hydrogen) atoms. The number of esters is 1. The van der Waals surface area contributed by atoms with Gasteiger partial charge in [0.05, 0.1) is 32.5 Å². The zero-order valence-corrected chi connectivity index (χ0v) is 22.6. The molecule has 0 saturated carbocycles. The minimum atomic E-state index is -0.887. The van der Waals surface area contributed by atoms with Crippen LogP contribution < -0.4 is 0 Å². The first kappa shape index (κ1) is 27.3. The molecule has 6 nitrogen and oxygen atoms in total. The Balaban J connectivity index is 1.56. The van der Waals surface area contributed by atoms with Gasteiger partial charge in [-0.25, -0.2) is 4.79 Å². The number of hydrogen-bond acceptors (Lipinski definition) is 6. The van der Waals surface area contributed by atoms with Crippen molar-refractivity contribution in [1.82, 2.24) is 0 Å². The highest BCUT2D eigenvalue weighted by molar-refractivity contribution is 5.83. The molecule has 0 spiro atoms. The average Bonchev–Trinajstić information content (AvgIpc) is 2.89. The Morgan fingerprint density at radius 2 is 1.55 bits per heavy atom. The van der Waals surface area contributed by atoms with Gasteiger partial charge in [0.1, 0.15) is 5.76 Å². The van der Waals surface area contributed by atoms with Gasteiger partial charge in [0.25, 0.3) is 11.7 Å². The van der Waals surface area contributed by atoms with Crippen LogP contribution in [0.4, 0.5) is 0 Å². The molecule has 5 aliphatic rings. The zero-order chi connectivity index (χ0) is 27.0. The molecule has 4 bridgehead atoms. The summed E-state index contributed by atoms with van der Waals surface area (Å²) in [4.78, 5) is 11.8. The number of allylic oxidation sites excluding steroid dienone is 1. The van der Waals surface area contributed by atoms with E-state index in [1.54, 1.807) is 21.1 Å². The van der Waals surface area contributed by atoms with Crippen LogP contribution in [0.5, 0.6) is 0 Å². The van der Waals surface area contributed by atoms with Gasteiger partial charge in [-0.1, -0.05) is 48.6 Å². The van der Waals surface area contributed by atoms with E-state index in [1.807, 2.05) is 31.2 Å². The van der Waals surface area contributed by atoms with Crippen LogP contribution in [0.25, 0.3) is 12.2 Å². The maximum Gasteiger partial charge on any atom is 0.334 e. The number of ether oxygens (including phenoxy) is 5. The smallest absolute Gasteiger partial charge is 0.334 e. The summed E-state index contributed by atoms with van der Waals surface area (Å²) in [5, 5.41) is 0. The number of hydrogen-bond donors (Lipinski definition) is 0. The molecule has 2 aromatic rings. The fraction of sp³-hybridized carbons (Fsp3) is 0.344. The zero-order valence-electron chi connectivity index (χ0n) is 22.6. The Hall–Kier alpha value is -3.77. The highest BCUT2D eigenvalue weighted by Crippen LogP contribution is 2.33. The lowest BCUT2D eigenvalue weighted by molar-refractivity contribution is -0.200. The van der Waals surface area contributed by atoms with Crippen LogP contribution in [0.1, 0.15) is 47.2 Å². The average molecular weight is 517 g/mol. The van der Waals surface area contributed by atoms with E-state index in [2.05, 4.69) is 42.5 Å². The number of carbonyl (C=O) groups is 1. The Kier molecular flexibility index (Phi) is 9.08. The van der Waals surface area contributed by atoms with E-state index >= 15 is 0 Å². The van der Waals surface area contributed by atoms with E-state index in [-0.39, 0.29) is 0 Å². The van der Waals surface area contributed by atoms with Gasteiger partial charge in [0.2, 0.25) is 0 Å². The Labute approximate surface area is 225 Å². The van der Waals surface area contributed by atoms with Gasteiger partial charge in [-0.3, -0.25) is 0 Å². The Morgan fingerprint density at radius 1 is 0.921 bits per heavy atom. The minimum Gasteiger partial charge on any atom is -0.496 e. The summed E-state index contributed by atoms with van der Waals surface area (Å²) in [5.41, 5.74) is 7.33. The van der Waals surface area contributed by atoms with Crippen LogP contribution in [-0.2, 0) is 54.2 Å². The van der Waals surface area contributed by atoms with Crippen LogP contribution in [0.15, 0.2) is 72.4 Å². The SMILES string of the molecule is CCOC(=O)/C=C(/C=C/c1cc2ccc1CCc1ccc(c(/C=C/C3(OC)C=C(OCC)O3)c1)CC2)OC. The third kappa shape index (κ3) is 6.75. The van der Waals surface area contributed by atoms with Gasteiger partial charge in [-0.05, 0) is 85.1 Å². The lowest BCUT2D eigenvalue weighted by Crippen LogP contribution is -2.38. The van der Waals surface area contributed by atoms with Crippen molar-refractivity contribution < 1.29 is 28.5 Å². The summed E-state index contributed by atoms with van der Waals surface area (Å²) in [6.07, 6.45) is 14.7. The highest BCUT2D eigenvalue weighted by atomic mass is 16.8. The van der Waals surface area contributed by atoms with E-state index < -0.39 is 11.8 Å². The molecule has 6 heteroatoms. The van der Waals surface area contributed by atoms with E-state index in [0.717, 1.165) is 31.2 Å². The Morgan fingerprint density at radius 3 is 2.11 bits per heavy atom. The van der Waals surface area contributed by atoms with E-state index in [9.17, 15) is 4.79 Å². The molecule has 0 N–H and O–H groups in total. The van der Waals surface area contributed by atoms with Crippen molar-refractivity contribution in [3.63, 3.8) is 0 Å². The third-order valence-corrected chi connectivity index (χ3v) is 6.68. The normalized spacial score (nSPS) is 18.9. The lowest BCUT2D eigenvalue weighted by Gasteiger charge is -2.35. The molecule has 2 aromatic carbocycles. The fourth-order valence-electron chi connectivity index (χ4n) is 4.56. The predicted molar refractivity (Wildman–Crippen MR) is 148 cm³/mol. The second-order valence-electron chi connectivity index (χ2n) is 9.16. The van der Waals surface area contributed by atoms with Gasteiger partial charge in [0, 0.05) is 7.11 Å². The summed E-state index contributed by atoms with van der Waals surface area (Å²) in [7, 11) is 3.18. The molecule has 1 atom stereocenters. The van der Waals surface area contributed by atoms with Crippen molar-refractivity contribution in [3.8, 4) is 0 Å². The number of benzene rings is 2. The quantitative estimate of drug-likeness (QED) is 0.169. The van der Waals surface area contributed by atoms with Gasteiger partial charge >= 0.3 is 5.97 Å². The molecule has 4 aliphatic carbocycles. The molecule has 7 rings (SSSR count). The second-order valence-corrected chi connectivity index (χ2v) is 9.16. The molecule has 0 amide bonds. The van der Waals surface area contributed by atoms with E-state index in [4.69, 9.17) is 23.7 Å². The summed E-state index contributed by atoms with van der Waals surface area (Å²) < 4.78 is 27.1. The molecule has 0 fully saturated rings. The summed E-state index contributed by atoms with van der Waals surface area (Å²) in [6, 6.07) is 13.4. The minimum absolute atomic E-state index is 0.327. The second kappa shape index (κ2) is 12.7. The van der Waals surface area contributed by atoms with Crippen LogP contribution >= 0.6 is 0 Å². The molecule has 1 unspecified atom stereocenters. The van der Waals surface area contributed by atoms with Gasteiger partial charge < -0.3 is 23.7 Å². The van der Waals surface area contributed by atoms with E-state index in [0.29, 0.717) is 24.9 Å². The van der Waals surface area contributed by atoms with Crippen molar-refractivity contribution in [2.45, 2.75) is 45.3 Å². The molecule has 0 radical (unpaired) electrons. The van der Waals surface area contributed by atoms with Crippen LogP contribution in [-0.4, -0.2) is 39.2 Å². The molecule has 200 valence electrons. The number of rotatable bonds is 10. The maximum absolute atomic E-state index is 11.8. The molecular formula is C32H36O6. The number of carbonyl (C=O) groups excluding carboxylic acids is 1. The number of methoxy groups -OCH3 is 2. The van der Waals surface area contributed by atoms with Gasteiger partial charge in [-0.2, -0.15) is 0 Å². The van der Waals surface area contributed by atoms with Crippen molar-refractivity contribution in [1.29, 1.82) is 0 Å². The fourth-order valence-corrected chi connectivity index (χ4v) is 4.56. The summed E-state index contributed by atoms with van der Waals surface area (Å²) in [6.45, 7) is 4.58. The molecular weight excluding hydrogens is 480 g/mol. The first-order valence-electron chi connectivity index (χ1n) is 13.1. The van der Waals surface area contributed by atoms with Crippen molar-refractivity contribution in [2.24, 2.45) is 0 Å². The van der Waals surface area contributed by atoms with Crippen molar-refractivity contribution >= 4 is 18.1 Å². The predicted octanol–water partition coefficient (Wildman–Crippen LogP) is 5.94. The van der Waals surface area contributed by atoms with E-state index in [1.165, 1.54) is 33.9 Å². The standard InChI is InChI=1S/C32H36O6/c1-5-36-30(33)21-29(34-3)16-15-27-19-23-7-11-25(27)12-8-24-10-14-26(13-9-23)28(20-24)17-18-32(35-4)22-31(38-32)37-6-2/h7,10-11,14-22H,5-6,8-9,12-13H2,1-4H3/b16-15+,18-17+,29-21-. The summed E-state index contributed by atoms with van der Waals surface area (Å²) >= 11 is 0. The van der Waals surface area contributed by atoms with Crippen molar-refractivity contribution in [2.75, 3.05) is 27.4 Å². The van der Waals surface area contributed by atoms with Crippen LogP contribution in [0.3, 0.4) is 0 Å². The van der Waals surface area contributed by atoms with Crippen LogP contribution in [0, 0.1) is 0 Å². The monoisotopic (exact) mass is 516 g/mol. The third-order valence-electron chi connectivity index (χ3n) is 6.68. The maximum atomic E-state index is 11.8. The highest BCUT2D eigenvalue weighted by Gasteiger charge is 2.38. The molecule has 1 aliphatic heterocycles. The molecule has 0 aromatic heterocycles. The van der Waals surface area contributed by atoms with Crippen LogP contribution in [0.2, 0.25) is 0 Å². The largest absolute Gasteiger partial charge is 0.496 e. The van der Waals surface area contributed by atoms with Gasteiger partial charge in [0.15, 0.2) is 0 Å². The molecule has 0 saturated heterocycles. The molecule has 1 heterocycles. The first-order valence-corrected chi connectivity index (χ1v) is 13.1. The lowest BCUT2D eigenvalue weighted by atomic mass is 9.90. The topological polar surface area (TPSA) is 63.2 Å². The first-order chi connectivity index (χ1) is 18.5.